The van der Waals surface area contributed by atoms with Crippen LogP contribution in [-0.4, -0.2) is 37.1 Å². The first-order valence-electron chi connectivity index (χ1n) is 6.55. The van der Waals surface area contributed by atoms with Crippen molar-refractivity contribution in [2.45, 2.75) is 24.8 Å². The Hall–Kier alpha value is -1.80. The highest BCUT2D eigenvalue weighted by Crippen LogP contribution is 2.34. The van der Waals surface area contributed by atoms with E-state index in [0.717, 1.165) is 5.56 Å². The number of fused-ring (bicyclic) bond motifs is 1. The molecule has 3 rings (SSSR count). The molecule has 1 saturated heterocycles. The summed E-state index contributed by atoms with van der Waals surface area (Å²) in [6.07, 6.45) is -1.40. The Bertz CT molecular complexity index is 546. The number of ether oxygens (including phenoxy) is 4. The van der Waals surface area contributed by atoms with Crippen molar-refractivity contribution < 1.29 is 23.9 Å². The first kappa shape index (κ1) is 14.2. The second kappa shape index (κ2) is 5.90. The SMILES string of the molecule is COC1C=C([N+](=O)[O-])[C@H]2OC(c3ccccc3)OC[C@H]2O1. The van der Waals surface area contributed by atoms with E-state index in [1.54, 1.807) is 0 Å². The maximum Gasteiger partial charge on any atom is 0.278 e. The minimum atomic E-state index is -0.773. The smallest absolute Gasteiger partial charge is 0.278 e. The number of benzene rings is 1. The van der Waals surface area contributed by atoms with Gasteiger partial charge in [-0.1, -0.05) is 30.3 Å². The molecule has 2 aliphatic heterocycles. The van der Waals surface area contributed by atoms with Crippen LogP contribution < -0.4 is 0 Å². The Morgan fingerprint density at radius 2 is 2.05 bits per heavy atom. The number of hydrogen-bond donors (Lipinski definition) is 0. The van der Waals surface area contributed by atoms with Gasteiger partial charge in [0, 0.05) is 18.7 Å². The van der Waals surface area contributed by atoms with Crippen molar-refractivity contribution in [3.05, 3.63) is 57.8 Å². The van der Waals surface area contributed by atoms with E-state index >= 15 is 0 Å². The molecule has 1 aromatic rings. The lowest BCUT2D eigenvalue weighted by Gasteiger charge is -2.38. The summed E-state index contributed by atoms with van der Waals surface area (Å²) in [5.41, 5.74) is 0.759. The van der Waals surface area contributed by atoms with E-state index in [4.69, 9.17) is 18.9 Å². The molecule has 7 nitrogen and oxygen atoms in total. The van der Waals surface area contributed by atoms with Gasteiger partial charge in [-0.15, -0.1) is 0 Å². The molecule has 7 heteroatoms. The molecule has 2 heterocycles. The van der Waals surface area contributed by atoms with E-state index < -0.39 is 29.7 Å². The molecule has 0 spiro atoms. The van der Waals surface area contributed by atoms with Crippen LogP contribution >= 0.6 is 0 Å². The predicted molar refractivity (Wildman–Crippen MR) is 70.8 cm³/mol. The van der Waals surface area contributed by atoms with E-state index in [0.29, 0.717) is 0 Å². The van der Waals surface area contributed by atoms with Gasteiger partial charge in [0.1, 0.15) is 6.10 Å². The van der Waals surface area contributed by atoms with E-state index in [2.05, 4.69) is 0 Å². The third-order valence-electron chi connectivity index (χ3n) is 3.44. The maximum absolute atomic E-state index is 11.2. The summed E-state index contributed by atoms with van der Waals surface area (Å²) < 4.78 is 21.9. The standard InChI is InChI=1S/C14H15NO6/c1-18-12-7-10(15(16)17)13-11(20-12)8-19-14(21-13)9-5-3-2-4-6-9/h2-7,11-14H,8H2,1H3/t11-,12?,13-,14?/m1/s1. The Balaban J connectivity index is 1.84. The quantitative estimate of drug-likeness (QED) is 0.622. The summed E-state index contributed by atoms with van der Waals surface area (Å²) in [6.45, 7) is 0.204. The topological polar surface area (TPSA) is 80.1 Å². The first-order chi connectivity index (χ1) is 10.2. The van der Waals surface area contributed by atoms with Gasteiger partial charge in [0.05, 0.1) is 11.5 Å². The number of hydrogen-bond acceptors (Lipinski definition) is 6. The highest BCUT2D eigenvalue weighted by atomic mass is 16.7. The molecule has 1 aromatic carbocycles. The van der Waals surface area contributed by atoms with Crippen molar-refractivity contribution in [2.24, 2.45) is 0 Å². The van der Waals surface area contributed by atoms with E-state index in [-0.39, 0.29) is 12.3 Å². The molecule has 21 heavy (non-hydrogen) atoms. The van der Waals surface area contributed by atoms with Crippen LogP contribution in [0.2, 0.25) is 0 Å². The van der Waals surface area contributed by atoms with Gasteiger partial charge in [-0.05, 0) is 0 Å². The molecule has 2 aliphatic rings. The van der Waals surface area contributed by atoms with E-state index in [1.807, 2.05) is 30.3 Å². The summed E-state index contributed by atoms with van der Waals surface area (Å²) in [4.78, 5) is 10.8. The van der Waals surface area contributed by atoms with Crippen LogP contribution in [0, 0.1) is 10.1 Å². The molecule has 0 saturated carbocycles. The fraction of sp³-hybridized carbons (Fsp3) is 0.429. The largest absolute Gasteiger partial charge is 0.352 e. The lowest BCUT2D eigenvalue weighted by Crippen LogP contribution is -2.49. The van der Waals surface area contributed by atoms with Gasteiger partial charge in [0.2, 0.25) is 0 Å². The monoisotopic (exact) mass is 293 g/mol. The molecule has 0 radical (unpaired) electrons. The Morgan fingerprint density at radius 3 is 2.71 bits per heavy atom. The molecule has 0 amide bonds. The van der Waals surface area contributed by atoms with Gasteiger partial charge in [-0.2, -0.15) is 0 Å². The highest BCUT2D eigenvalue weighted by molar-refractivity contribution is 5.18. The average molecular weight is 293 g/mol. The van der Waals surface area contributed by atoms with Gasteiger partial charge in [0.15, 0.2) is 18.7 Å². The third-order valence-corrected chi connectivity index (χ3v) is 3.44. The van der Waals surface area contributed by atoms with Crippen molar-refractivity contribution in [1.82, 2.24) is 0 Å². The van der Waals surface area contributed by atoms with Gasteiger partial charge < -0.3 is 18.9 Å². The molecular formula is C14H15NO6. The van der Waals surface area contributed by atoms with Gasteiger partial charge in [-0.3, -0.25) is 10.1 Å². The van der Waals surface area contributed by atoms with Crippen LogP contribution in [-0.2, 0) is 18.9 Å². The molecule has 0 bridgehead atoms. The summed E-state index contributed by atoms with van der Waals surface area (Å²) in [5.74, 6) is 0. The van der Waals surface area contributed by atoms with Crippen LogP contribution in [0.1, 0.15) is 11.9 Å². The number of methoxy groups -OCH3 is 1. The van der Waals surface area contributed by atoms with Gasteiger partial charge in [-0.25, -0.2) is 0 Å². The van der Waals surface area contributed by atoms with Crippen molar-refractivity contribution in [1.29, 1.82) is 0 Å². The van der Waals surface area contributed by atoms with Gasteiger partial charge in [0.25, 0.3) is 5.70 Å². The second-order valence-electron chi connectivity index (χ2n) is 4.76. The Labute approximate surface area is 121 Å². The third kappa shape index (κ3) is 2.81. The Kier molecular flexibility index (Phi) is 3.98. The molecule has 2 unspecified atom stereocenters. The van der Waals surface area contributed by atoms with Crippen LogP contribution in [0.5, 0.6) is 0 Å². The van der Waals surface area contributed by atoms with Crippen LogP contribution in [0.4, 0.5) is 0 Å². The molecule has 4 atom stereocenters. The number of nitrogens with zero attached hydrogens (tertiary/aromatic N) is 1. The van der Waals surface area contributed by atoms with Crippen LogP contribution in [0.25, 0.3) is 0 Å². The summed E-state index contributed by atoms with van der Waals surface area (Å²) in [6, 6.07) is 9.29. The highest BCUT2D eigenvalue weighted by Gasteiger charge is 2.45. The summed E-state index contributed by atoms with van der Waals surface area (Å²) in [5, 5.41) is 11.2. The number of rotatable bonds is 3. The van der Waals surface area contributed by atoms with Crippen molar-refractivity contribution in [2.75, 3.05) is 13.7 Å². The van der Waals surface area contributed by atoms with Crippen LogP contribution in [0.3, 0.4) is 0 Å². The fourth-order valence-electron chi connectivity index (χ4n) is 2.42. The zero-order chi connectivity index (χ0) is 14.8. The normalized spacial score (nSPS) is 32.1. The molecule has 0 aliphatic carbocycles. The zero-order valence-corrected chi connectivity index (χ0v) is 11.4. The van der Waals surface area contributed by atoms with Gasteiger partial charge >= 0.3 is 0 Å². The van der Waals surface area contributed by atoms with E-state index in [1.165, 1.54) is 13.2 Å². The Morgan fingerprint density at radius 1 is 1.29 bits per heavy atom. The number of nitro groups is 1. The minimum absolute atomic E-state index is 0.0534. The summed E-state index contributed by atoms with van der Waals surface area (Å²) in [7, 11) is 1.43. The van der Waals surface area contributed by atoms with Crippen LogP contribution in [0.15, 0.2) is 42.1 Å². The summed E-state index contributed by atoms with van der Waals surface area (Å²) >= 11 is 0. The molecule has 112 valence electrons. The fourth-order valence-corrected chi connectivity index (χ4v) is 2.42. The molecular weight excluding hydrogens is 278 g/mol. The van der Waals surface area contributed by atoms with Crippen molar-refractivity contribution in [3.8, 4) is 0 Å². The average Bonchev–Trinajstić information content (AvgIpc) is 2.54. The zero-order valence-electron chi connectivity index (χ0n) is 11.4. The lowest BCUT2D eigenvalue weighted by molar-refractivity contribution is -0.455. The molecule has 0 N–H and O–H groups in total. The maximum atomic E-state index is 11.2. The second-order valence-corrected chi connectivity index (χ2v) is 4.76. The van der Waals surface area contributed by atoms with Crippen molar-refractivity contribution in [3.63, 3.8) is 0 Å². The molecule has 1 fully saturated rings. The first-order valence-corrected chi connectivity index (χ1v) is 6.55. The predicted octanol–water partition coefficient (Wildman–Crippen LogP) is 1.63. The van der Waals surface area contributed by atoms with Crippen molar-refractivity contribution >= 4 is 0 Å². The lowest BCUT2D eigenvalue weighted by atomic mass is 10.1. The minimum Gasteiger partial charge on any atom is -0.352 e. The van der Waals surface area contributed by atoms with E-state index in [9.17, 15) is 10.1 Å². The molecule has 0 aromatic heterocycles.